The van der Waals surface area contributed by atoms with Gasteiger partial charge in [0.2, 0.25) is 20.0 Å². The van der Waals surface area contributed by atoms with Gasteiger partial charge in [0.15, 0.2) is 0 Å². The van der Waals surface area contributed by atoms with E-state index in [1.54, 1.807) is 75.6 Å². The Morgan fingerprint density at radius 3 is 1.36 bits per heavy atom. The van der Waals surface area contributed by atoms with E-state index in [1.807, 2.05) is 86.6 Å². The molecule has 10 rings (SSSR count). The van der Waals surface area contributed by atoms with Gasteiger partial charge in [-0.15, -0.1) is 29.3 Å². The van der Waals surface area contributed by atoms with Gasteiger partial charge in [0.05, 0.1) is 96.0 Å². The van der Waals surface area contributed by atoms with Crippen LogP contribution in [0.4, 0.5) is 38.5 Å². The molecule has 26 nitrogen and oxygen atoms in total. The summed E-state index contributed by atoms with van der Waals surface area (Å²) in [6.45, 7) is 32.7. The van der Waals surface area contributed by atoms with Gasteiger partial charge in [0.25, 0.3) is 0 Å². The molecule has 2 amide bonds. The van der Waals surface area contributed by atoms with E-state index in [9.17, 15) is 26.4 Å². The van der Waals surface area contributed by atoms with Gasteiger partial charge >= 0.3 is 12.2 Å². The first-order valence-corrected chi connectivity index (χ1v) is 39.9. The van der Waals surface area contributed by atoms with Gasteiger partial charge in [-0.1, -0.05) is 81.8 Å². The van der Waals surface area contributed by atoms with Crippen molar-refractivity contribution >= 4 is 121 Å². The molecule has 0 spiro atoms. The number of thiazole rings is 2. The second-order valence-corrected chi connectivity index (χ2v) is 32.8. The van der Waals surface area contributed by atoms with Crippen LogP contribution in [0.3, 0.4) is 0 Å². The zero-order valence-corrected chi connectivity index (χ0v) is 67.1. The van der Waals surface area contributed by atoms with Gasteiger partial charge < -0.3 is 42.6 Å². The van der Waals surface area contributed by atoms with Crippen LogP contribution in [0.15, 0.2) is 136 Å². The van der Waals surface area contributed by atoms with Crippen LogP contribution in [-0.2, 0) is 29.5 Å². The number of nitrogens with zero attached hydrogens (tertiary/aromatic N) is 10. The van der Waals surface area contributed by atoms with E-state index in [0.717, 1.165) is 93.8 Å². The summed E-state index contributed by atoms with van der Waals surface area (Å²) < 4.78 is 68.8. The van der Waals surface area contributed by atoms with Crippen LogP contribution in [0.2, 0.25) is 0 Å². The monoisotopic (exact) mass is 1620 g/mol. The average molecular weight is 1620 g/mol. The molecule has 2 aliphatic carbocycles. The summed E-state index contributed by atoms with van der Waals surface area (Å²) in [6.07, 6.45) is 22.4. The number of allylic oxidation sites excluding steroid dienone is 2. The zero-order valence-electron chi connectivity index (χ0n) is 60.7. The number of benzene rings is 2. The van der Waals surface area contributed by atoms with E-state index in [-0.39, 0.29) is 64.6 Å². The normalized spacial score (nSPS) is 15.6. The molecule has 32 heteroatoms. The molecule has 0 radical (unpaired) electrons. The second kappa shape index (κ2) is 42.1. The molecule has 2 fully saturated rings. The summed E-state index contributed by atoms with van der Waals surface area (Å²) in [4.78, 5) is 67.4. The Balaban J connectivity index is 0.000000262. The lowest BCUT2D eigenvalue weighted by Crippen LogP contribution is -2.38. The smallest absolute Gasteiger partial charge is 0.407 e. The minimum Gasteiger partial charge on any atom is -0.447 e. The van der Waals surface area contributed by atoms with E-state index in [0.29, 0.717) is 67.5 Å². The van der Waals surface area contributed by atoms with Crippen LogP contribution in [0.5, 0.6) is 0 Å². The molecule has 0 aliphatic heterocycles. The van der Waals surface area contributed by atoms with Gasteiger partial charge in [0, 0.05) is 83.1 Å². The molecule has 2 aromatic carbocycles. The third-order valence-electron chi connectivity index (χ3n) is 14.7. The molecule has 558 valence electrons. The number of nitrogens with one attached hydrogen (secondary N) is 5. The number of rotatable bonds is 19. The van der Waals surface area contributed by atoms with Crippen molar-refractivity contribution in [3.8, 4) is 20.9 Å². The Kier molecular flexibility index (Phi) is 35.0. The van der Waals surface area contributed by atoms with Crippen molar-refractivity contribution in [2.45, 2.75) is 199 Å². The largest absolute Gasteiger partial charge is 0.447 e. The van der Waals surface area contributed by atoms with E-state index in [4.69, 9.17) is 26.7 Å². The van der Waals surface area contributed by atoms with Crippen LogP contribution >= 0.6 is 54.5 Å². The van der Waals surface area contributed by atoms with Crippen molar-refractivity contribution in [2.24, 2.45) is 0 Å². The molecule has 11 N–H and O–H groups in total. The Morgan fingerprint density at radius 1 is 0.553 bits per heavy atom. The number of aromatic nitrogens is 10. The Bertz CT molecular complexity index is 4260. The Labute approximate surface area is 631 Å². The number of nitrogen functional groups attached to an aromatic ring is 3. The number of hydrogen-bond donors (Lipinski definition) is 8. The number of nitrogens with two attached hydrogens (primary N) is 3. The van der Waals surface area contributed by atoms with Crippen LogP contribution < -0.4 is 42.6 Å². The molecular weight excluding hydrogens is 1520 g/mol. The molecule has 0 atom stereocenters. The maximum absolute atomic E-state index is 13.2. The highest BCUT2D eigenvalue weighted by molar-refractivity contribution is 9.10. The molecule has 103 heavy (non-hydrogen) atoms. The lowest BCUT2D eigenvalue weighted by Gasteiger charge is -2.28. The van der Waals surface area contributed by atoms with Gasteiger partial charge in [-0.2, -0.15) is 0 Å². The molecule has 6 aromatic heterocycles. The van der Waals surface area contributed by atoms with E-state index in [1.165, 1.54) is 40.6 Å². The summed E-state index contributed by atoms with van der Waals surface area (Å²) in [5.74, 6) is 3.09. The van der Waals surface area contributed by atoms with E-state index >= 15 is 0 Å². The fourth-order valence-corrected chi connectivity index (χ4v) is 15.8. The predicted octanol–water partition coefficient (Wildman–Crippen LogP) is 15.6. The summed E-state index contributed by atoms with van der Waals surface area (Å²) in [5, 5.41) is 11.1. The van der Waals surface area contributed by atoms with Crippen LogP contribution in [0.1, 0.15) is 192 Å². The van der Waals surface area contributed by atoms with E-state index in [2.05, 4.69) is 134 Å². The van der Waals surface area contributed by atoms with Crippen molar-refractivity contribution in [3.05, 3.63) is 153 Å². The third kappa shape index (κ3) is 29.6. The summed E-state index contributed by atoms with van der Waals surface area (Å²) in [6, 6.07) is 10.8. The van der Waals surface area contributed by atoms with Crippen LogP contribution in [-0.4, -0.2) is 116 Å². The second-order valence-electron chi connectivity index (χ2n) is 25.5. The van der Waals surface area contributed by atoms with Crippen molar-refractivity contribution < 1.29 is 35.9 Å². The molecule has 6 heterocycles. The number of anilines is 5. The SMILES string of the molecule is C=C(C)C.C=C(C)c1cncc(N)n1.CC(C)c1cncc(N)n1.CCNS(=O)(=O)c1cc(Br)ccc1-c1cnc(C2CCC(NC(=O)OC(C)C)CC2)s1.CCNS(=O)(=O)c1cc(Nc2cncc(C(C)C)n2)ccc1-c1cnc(C2CCC(NC(=O)OC(C)C)CC2)s1.Nc1cncc(Br)n1. The van der Waals surface area contributed by atoms with Crippen molar-refractivity contribution in [2.75, 3.05) is 35.6 Å². The summed E-state index contributed by atoms with van der Waals surface area (Å²) in [5.41, 5.74) is 22.5. The Hall–Kier alpha value is -7.98. The van der Waals surface area contributed by atoms with Crippen molar-refractivity contribution in [3.63, 3.8) is 0 Å². The van der Waals surface area contributed by atoms with Crippen LogP contribution in [0, 0.1) is 0 Å². The number of carbonyl (C=O) groups is 2. The number of alkyl carbamates (subject to hydrolysis) is 2. The topological polar surface area (TPSA) is 388 Å². The molecule has 0 saturated heterocycles. The van der Waals surface area contributed by atoms with E-state index < -0.39 is 20.0 Å². The maximum atomic E-state index is 13.2. The molecule has 8 aromatic rings. The maximum Gasteiger partial charge on any atom is 0.407 e. The number of ether oxygens (including phenoxy) is 2. The molecule has 0 bridgehead atoms. The van der Waals surface area contributed by atoms with Crippen LogP contribution in [0.25, 0.3) is 26.5 Å². The predicted molar refractivity (Wildman–Crippen MR) is 420 cm³/mol. The molecular formula is C71H98Br2N18O8S4. The molecule has 2 saturated carbocycles. The highest BCUT2D eigenvalue weighted by atomic mass is 79.9. The molecule has 2 aliphatic rings. The average Bonchev–Trinajstić information content (AvgIpc) is 1.78. The Morgan fingerprint density at radius 2 is 0.971 bits per heavy atom. The minimum absolute atomic E-state index is 0.0877. The van der Waals surface area contributed by atoms with Gasteiger partial charge in [0.1, 0.15) is 27.9 Å². The van der Waals surface area contributed by atoms with Gasteiger partial charge in [-0.25, -0.2) is 65.8 Å². The highest BCUT2D eigenvalue weighted by Crippen LogP contribution is 2.42. The first-order chi connectivity index (χ1) is 48.7. The summed E-state index contributed by atoms with van der Waals surface area (Å²) >= 11 is 9.54. The minimum atomic E-state index is -3.77. The number of hydrogen-bond acceptors (Lipinski definition) is 24. The fourth-order valence-electron chi connectivity index (χ4n) is 9.97. The van der Waals surface area contributed by atoms with Gasteiger partial charge in [-0.05, 0) is 157 Å². The first kappa shape index (κ1) is 85.7. The number of carbonyl (C=O) groups excluding carboxylic acids is 2. The lowest BCUT2D eigenvalue weighted by atomic mass is 9.86. The summed E-state index contributed by atoms with van der Waals surface area (Å²) in [7, 11) is -7.38. The van der Waals surface area contributed by atoms with Crippen molar-refractivity contribution in [1.82, 2.24) is 69.9 Å². The number of sulfonamides is 2. The fraction of sp³-hybridized carbons (Fsp3) is 0.437. The number of halogens is 2. The quantitative estimate of drug-likeness (QED) is 0.0349. The first-order valence-electron chi connectivity index (χ1n) is 33.7. The lowest BCUT2D eigenvalue weighted by molar-refractivity contribution is 0.108. The highest BCUT2D eigenvalue weighted by Gasteiger charge is 2.30. The standard InChI is InChI=1S/C28H38N6O4S2.C21H28BrN3O4S2.C7H11N3.C7H9N3.C4H4BrN3.C4H8/c1-6-31-40(36,37)25-13-21(32-26-16-29-14-23(34-26)17(2)3)11-12-22(25)24-15-30-27(39-24)19-7-9-20(10-8-19)33-28(35)38-18(4)5;1-4-24-31(27,28)19-11-15(22)7-10-17(19)18-12-23-20(30-18)14-5-8-16(9-6-14)25-21(26)29-13(2)3;2*1-5(2)6-3-9-4-7(8)10-6;5-3-1-7-2-4(6)8-3;1-4(2)3/h11-20,31H,6-10H2,1-5H3,(H,32,34)(H,33,35);7,10-14,16,24H,4-6,8-9H2,1-3H3,(H,25,26);3-5H,1-2H3,(H2,8,10);3-4H,1H2,2H3,(H2,8,10);1-2H,(H2,6,8);1H2,2-3H3. The molecule has 0 unspecified atom stereocenters. The van der Waals surface area contributed by atoms with Gasteiger partial charge in [-0.3, -0.25) is 19.9 Å². The third-order valence-corrected chi connectivity index (χ3v) is 21.2. The van der Waals surface area contributed by atoms with Crippen molar-refractivity contribution in [1.29, 1.82) is 0 Å². The zero-order chi connectivity index (χ0) is 76.1. The number of amides is 2.